The summed E-state index contributed by atoms with van der Waals surface area (Å²) in [4.78, 5) is 62.3. The number of carboxylic acid groups (broad SMARTS) is 6. The van der Waals surface area contributed by atoms with Gasteiger partial charge in [0.25, 0.3) is 0 Å². The summed E-state index contributed by atoms with van der Waals surface area (Å²) in [6, 6.07) is 13.7. The van der Waals surface area contributed by atoms with Crippen molar-refractivity contribution in [2.45, 2.75) is 0 Å². The zero-order valence-electron chi connectivity index (χ0n) is 43.1. The molecular weight excluding hydrogens is 1780 g/mol. The predicted octanol–water partition coefficient (Wildman–Crippen LogP) is -4.25. The Kier molecular flexibility index (Phi) is 88.6. The number of halogens is 12. The van der Waals surface area contributed by atoms with Gasteiger partial charge in [-0.2, -0.15) is 0 Å². The zero-order chi connectivity index (χ0) is 55.8. The standard InChI is InChI=1S/6C7H4Cl2O3.15H2O.2Tb/c6*8-3-1-4(7(11)12)6(10)5(9)2-3;;;;;;;;;;;;;;;;;/h6*1-2,10H,(H,11,12);15*1H2;;/q;;;;;;;;;;;;;;;;;;;;;2*+3/p+5. The van der Waals surface area contributed by atoms with Gasteiger partial charge in [-0.1, -0.05) is 162 Å². The second-order valence-electron chi connectivity index (χ2n) is 12.4. The van der Waals surface area contributed by atoms with E-state index < -0.39 is 104 Å². The van der Waals surface area contributed by atoms with Crippen molar-refractivity contribution in [2.75, 3.05) is 0 Å². The van der Waals surface area contributed by atoms with Crippen LogP contribution in [0.3, 0.4) is 0 Å². The number of rotatable bonds is 6. The van der Waals surface area contributed by atoms with Crippen molar-refractivity contribution in [1.82, 2.24) is 0 Å². The van der Waals surface area contributed by atoms with E-state index in [1.165, 1.54) is 36.4 Å². The molecule has 0 heterocycles. The number of aromatic carboxylic acids is 6. The monoisotopic (exact) mass is 1830 g/mol. The van der Waals surface area contributed by atoms with Crippen molar-refractivity contribution in [1.29, 1.82) is 0 Å². The molecule has 0 unspecified atom stereocenters. The molecule has 6 aromatic carbocycles. The van der Waals surface area contributed by atoms with Crippen molar-refractivity contribution < 1.29 is 249 Å². The molecule has 0 spiro atoms. The Balaban J connectivity index is -0.0000000449. The molecule has 0 aromatic heterocycles. The third-order valence-corrected chi connectivity index (χ3v) is 10.5. The third kappa shape index (κ3) is 42.3. The average Bonchev–Trinajstić information content (AvgIpc) is 3.26. The van der Waals surface area contributed by atoms with E-state index in [0.29, 0.717) is 0 Å². The summed E-state index contributed by atoms with van der Waals surface area (Å²) in [6.45, 7) is 0. The van der Waals surface area contributed by atoms with Crippen LogP contribution in [0.25, 0.3) is 0 Å². The van der Waals surface area contributed by atoms with Crippen molar-refractivity contribution in [2.24, 2.45) is 0 Å². The predicted molar refractivity (Wildman–Crippen MR) is 324 cm³/mol. The molecule has 0 aliphatic carbocycles. The quantitative estimate of drug-likeness (QED) is 0.0860. The Morgan fingerprint density at radius 3 is 0.517 bits per heavy atom. The van der Waals surface area contributed by atoms with Crippen LogP contribution in [0.15, 0.2) is 72.8 Å². The molecule has 0 aliphatic heterocycles. The van der Waals surface area contributed by atoms with Crippen LogP contribution in [0.4, 0.5) is 0 Å². The van der Waals surface area contributed by atoms with Gasteiger partial charge < -0.3 is 153 Å². The zero-order valence-corrected chi connectivity index (χ0v) is 56.4. The van der Waals surface area contributed by atoms with Gasteiger partial charge in [0, 0.05) is 61.4 Å². The van der Waals surface area contributed by atoms with E-state index in [-0.39, 0.29) is 220 Å². The molecule has 0 saturated carbocycles. The van der Waals surface area contributed by atoms with Crippen LogP contribution in [0, 0.1) is 77.2 Å². The summed E-state index contributed by atoms with van der Waals surface area (Å²) < 4.78 is 0. The molecule has 0 bridgehead atoms. The van der Waals surface area contributed by atoms with Gasteiger partial charge in [-0.15, -0.1) is 0 Å². The maximum atomic E-state index is 11.0. The number of hydrogen-bond donors (Lipinski definition) is 6. The fourth-order valence-corrected chi connectivity index (χ4v) is 7.28. The minimum absolute atomic E-state index is 0. The summed E-state index contributed by atoms with van der Waals surface area (Å²) in [5.41, 5.74) is -2.46. The van der Waals surface area contributed by atoms with Crippen LogP contribution in [0.1, 0.15) is 62.1 Å². The molecule has 6 aromatic rings. The first-order valence-electron chi connectivity index (χ1n) is 17.5. The molecule has 0 aliphatic rings. The molecule has 0 atom stereocenters. The minimum Gasteiger partial charge on any atom is -0.871 e. The Labute approximate surface area is 618 Å². The first kappa shape index (κ1) is 130. The van der Waals surface area contributed by atoms with E-state index in [4.69, 9.17) is 170 Å². The minimum atomic E-state index is -1.52. The molecule has 89 heavy (non-hydrogen) atoms. The second-order valence-corrected chi connectivity index (χ2v) is 17.5. The number of carbonyl (C=O) groups excluding carboxylic acids is 2. The third-order valence-electron chi connectivity index (χ3n) is 7.45. The fourth-order valence-electron chi connectivity index (χ4n) is 4.32. The summed E-state index contributed by atoms with van der Waals surface area (Å²) in [5.74, 6) is -12.3. The van der Waals surface area contributed by atoms with Gasteiger partial charge in [-0.3, -0.25) is 0 Å². The second kappa shape index (κ2) is 60.6. The number of hydrogen-bond acceptors (Lipinski definition) is 14. The molecule has 516 valence electrons. The van der Waals surface area contributed by atoms with E-state index in [2.05, 4.69) is 0 Å². The van der Waals surface area contributed by atoms with Gasteiger partial charge in [0.05, 0.1) is 44.2 Å². The van der Waals surface area contributed by atoms with Crippen LogP contribution in [-0.2, 0) is 60.2 Å². The van der Waals surface area contributed by atoms with Crippen molar-refractivity contribution in [3.05, 3.63) is 166 Å². The van der Waals surface area contributed by atoms with Crippen molar-refractivity contribution >= 4 is 175 Å². The van der Waals surface area contributed by atoms with E-state index in [1.54, 1.807) is 0 Å². The van der Waals surface area contributed by atoms with E-state index in [9.17, 15) is 59.4 Å². The maximum Gasteiger partial charge on any atom is 3.00 e. The Bertz CT molecular complexity index is 2580. The first-order valence-corrected chi connectivity index (χ1v) is 22.0. The molecule has 0 radical (unpaired) electrons. The number of carboxylic acids is 6. The van der Waals surface area contributed by atoms with Crippen molar-refractivity contribution in [3.8, 4) is 34.5 Å². The van der Waals surface area contributed by atoms with E-state index in [1.807, 2.05) is 0 Å². The number of benzene rings is 6. The van der Waals surface area contributed by atoms with Gasteiger partial charge >= 0.3 is 101 Å². The molecule has 47 heteroatoms. The molecule has 6 rings (SSSR count). The Morgan fingerprint density at radius 2 is 0.393 bits per heavy atom. The fraction of sp³-hybridized carbons (Fsp3) is 0. The number of carbonyl (C=O) groups is 6. The normalized spacial score (nSPS) is 7.96. The smallest absolute Gasteiger partial charge is 0.871 e. The molecule has 0 amide bonds. The Morgan fingerprint density at radius 1 is 0.270 bits per heavy atom. The van der Waals surface area contributed by atoms with Gasteiger partial charge in [-0.05, 0) is 72.8 Å². The van der Waals surface area contributed by atoms with E-state index in [0.717, 1.165) is 36.4 Å². The topological polar surface area (TPSA) is 851 Å². The van der Waals surface area contributed by atoms with Gasteiger partial charge in [0.15, 0.2) is 0 Å². The Hall–Kier alpha value is -3.61. The molecule has 33 nitrogen and oxygen atoms in total. The summed E-state index contributed by atoms with van der Waals surface area (Å²) in [5, 5.41) is 117. The number of aromatic hydroxyl groups is 2. The molecule has 0 fully saturated rings. The average molecular weight is 1840 g/mol. The first-order chi connectivity index (χ1) is 33.1. The number of phenols is 2. The molecule has 47 N–H and O–H groups in total. The summed E-state index contributed by atoms with van der Waals surface area (Å²) in [6.07, 6.45) is 0. The largest absolute Gasteiger partial charge is 3.00 e. The van der Waals surface area contributed by atoms with Crippen LogP contribution in [0.5, 0.6) is 34.5 Å². The SMILES string of the molecule is O.O.O.O.O=C(O)c1cc(Cl)cc(Cl)c1[O-].O=C(O)c1cc(Cl)cc(Cl)c1[O-].O=C(O)c1cc(Cl)cc(Cl)c1[O-].O=C(O)c1cc(Cl)cc(Cl)c1[O-].O=C([O-])c1cc(Cl)cc(Cl)c1O.O=C([O-])c1cc(Cl)cc(Cl)c1O.[OH3+].[OH3+].[OH3+].[OH3+].[OH3+].[OH3+].[OH3+].[OH3+].[OH3+].[OH3+].[OH3+].[Tb+3].[Tb+3]. The maximum absolute atomic E-state index is 11.0. The molecular formula is C42H59Cl12O33Tb2+11. The van der Waals surface area contributed by atoms with Crippen LogP contribution < -0.4 is 30.6 Å². The van der Waals surface area contributed by atoms with Crippen LogP contribution >= 0.6 is 139 Å². The molecule has 0 saturated heterocycles. The van der Waals surface area contributed by atoms with E-state index >= 15 is 0 Å². The van der Waals surface area contributed by atoms with Crippen LogP contribution in [-0.4, -0.2) is 88.4 Å². The summed E-state index contributed by atoms with van der Waals surface area (Å²) in [7, 11) is 0. The van der Waals surface area contributed by atoms with Gasteiger partial charge in [0.1, 0.15) is 11.5 Å². The summed E-state index contributed by atoms with van der Waals surface area (Å²) >= 11 is 65.4. The van der Waals surface area contributed by atoms with Crippen LogP contribution in [0.2, 0.25) is 60.3 Å². The van der Waals surface area contributed by atoms with Gasteiger partial charge in [0.2, 0.25) is 0 Å². The van der Waals surface area contributed by atoms with Gasteiger partial charge in [-0.25, -0.2) is 19.2 Å². The van der Waals surface area contributed by atoms with Crippen molar-refractivity contribution in [3.63, 3.8) is 0 Å².